The van der Waals surface area contributed by atoms with Crippen molar-refractivity contribution in [2.24, 2.45) is 17.6 Å². The molecule has 3 amide bonds. The Kier molecular flexibility index (Phi) is 10.7. The van der Waals surface area contributed by atoms with Crippen LogP contribution < -0.4 is 21.7 Å². The molecular formula is C22H34N4O5. The van der Waals surface area contributed by atoms with Gasteiger partial charge in [-0.3, -0.25) is 19.2 Å². The number of nitrogens with two attached hydrogens (primary N) is 1. The Morgan fingerprint density at radius 1 is 0.935 bits per heavy atom. The van der Waals surface area contributed by atoms with Gasteiger partial charge in [-0.1, -0.05) is 64.4 Å². The third kappa shape index (κ3) is 8.75. The molecule has 0 aliphatic carbocycles. The summed E-state index contributed by atoms with van der Waals surface area (Å²) < 4.78 is 0. The van der Waals surface area contributed by atoms with Crippen LogP contribution in [0.15, 0.2) is 30.3 Å². The van der Waals surface area contributed by atoms with E-state index in [2.05, 4.69) is 16.0 Å². The molecule has 1 rings (SSSR count). The van der Waals surface area contributed by atoms with Crippen LogP contribution in [0.25, 0.3) is 0 Å². The summed E-state index contributed by atoms with van der Waals surface area (Å²) in [4.78, 5) is 48.7. The standard InChI is InChI=1S/C22H34N4O5/c1-5-14(4)19(21(30)24-12-17(27)28)26-22(31)18(13(2)3)25-20(29)16(23)11-15-9-7-6-8-10-15/h6-10,13-14,16,18-19H,5,11-12,23H2,1-4H3,(H,24,30)(H,25,29)(H,26,31)(H,27,28). The first-order valence-electron chi connectivity index (χ1n) is 10.5. The normalized spacial score (nSPS) is 14.8. The highest BCUT2D eigenvalue weighted by atomic mass is 16.4. The summed E-state index contributed by atoms with van der Waals surface area (Å²) in [7, 11) is 0. The molecule has 0 aromatic heterocycles. The quantitative estimate of drug-likeness (QED) is 0.322. The number of nitrogens with one attached hydrogen (secondary N) is 3. The van der Waals surface area contributed by atoms with Gasteiger partial charge in [0.15, 0.2) is 0 Å². The Morgan fingerprint density at radius 3 is 2.03 bits per heavy atom. The lowest BCUT2D eigenvalue weighted by molar-refractivity contribution is -0.139. The van der Waals surface area contributed by atoms with E-state index in [0.717, 1.165) is 5.56 Å². The van der Waals surface area contributed by atoms with Crippen LogP contribution >= 0.6 is 0 Å². The van der Waals surface area contributed by atoms with Crippen molar-refractivity contribution in [1.82, 2.24) is 16.0 Å². The first-order chi connectivity index (χ1) is 14.6. The van der Waals surface area contributed by atoms with Crippen LogP contribution in [-0.4, -0.2) is 53.5 Å². The van der Waals surface area contributed by atoms with Gasteiger partial charge in [0.2, 0.25) is 17.7 Å². The van der Waals surface area contributed by atoms with E-state index in [9.17, 15) is 19.2 Å². The molecule has 0 radical (unpaired) electrons. The molecule has 0 spiro atoms. The summed E-state index contributed by atoms with van der Waals surface area (Å²) in [6.07, 6.45) is 0.915. The van der Waals surface area contributed by atoms with Crippen LogP contribution in [0.4, 0.5) is 0 Å². The number of rotatable bonds is 12. The topological polar surface area (TPSA) is 151 Å². The number of hydrogen-bond donors (Lipinski definition) is 5. The van der Waals surface area contributed by atoms with Crippen molar-refractivity contribution < 1.29 is 24.3 Å². The molecule has 0 aliphatic heterocycles. The van der Waals surface area contributed by atoms with Crippen molar-refractivity contribution in [2.45, 2.75) is 58.7 Å². The van der Waals surface area contributed by atoms with E-state index in [4.69, 9.17) is 10.8 Å². The number of carboxylic acids is 1. The van der Waals surface area contributed by atoms with Gasteiger partial charge in [0.25, 0.3) is 0 Å². The fourth-order valence-corrected chi connectivity index (χ4v) is 2.97. The molecule has 0 saturated heterocycles. The Morgan fingerprint density at radius 2 is 1.52 bits per heavy atom. The summed E-state index contributed by atoms with van der Waals surface area (Å²) in [6.45, 7) is 6.65. The molecule has 0 aliphatic rings. The van der Waals surface area contributed by atoms with Crippen LogP contribution in [0.3, 0.4) is 0 Å². The maximum Gasteiger partial charge on any atom is 0.322 e. The molecule has 0 bridgehead atoms. The van der Waals surface area contributed by atoms with Crippen molar-refractivity contribution in [2.75, 3.05) is 6.54 Å². The van der Waals surface area contributed by atoms with Gasteiger partial charge >= 0.3 is 5.97 Å². The Bertz CT molecular complexity index is 754. The van der Waals surface area contributed by atoms with Crippen molar-refractivity contribution in [3.05, 3.63) is 35.9 Å². The van der Waals surface area contributed by atoms with Crippen molar-refractivity contribution >= 4 is 23.7 Å². The molecule has 0 heterocycles. The number of benzene rings is 1. The zero-order valence-corrected chi connectivity index (χ0v) is 18.6. The molecule has 0 fully saturated rings. The smallest absolute Gasteiger partial charge is 0.322 e. The fraction of sp³-hybridized carbons (Fsp3) is 0.545. The lowest BCUT2D eigenvalue weighted by atomic mass is 9.96. The number of hydrogen-bond acceptors (Lipinski definition) is 5. The molecule has 9 nitrogen and oxygen atoms in total. The SMILES string of the molecule is CCC(C)C(NC(=O)C(NC(=O)C(N)Cc1ccccc1)C(C)C)C(=O)NCC(=O)O. The molecular weight excluding hydrogens is 400 g/mol. The maximum absolute atomic E-state index is 12.9. The van der Waals surface area contributed by atoms with Crippen LogP contribution in [0.2, 0.25) is 0 Å². The monoisotopic (exact) mass is 434 g/mol. The lowest BCUT2D eigenvalue weighted by Gasteiger charge is -2.28. The van der Waals surface area contributed by atoms with Gasteiger partial charge in [0.05, 0.1) is 6.04 Å². The van der Waals surface area contributed by atoms with E-state index in [0.29, 0.717) is 12.8 Å². The van der Waals surface area contributed by atoms with Gasteiger partial charge in [0.1, 0.15) is 18.6 Å². The predicted molar refractivity (Wildman–Crippen MR) is 117 cm³/mol. The zero-order chi connectivity index (χ0) is 23.6. The van der Waals surface area contributed by atoms with Gasteiger partial charge in [-0.05, 0) is 23.8 Å². The van der Waals surface area contributed by atoms with Gasteiger partial charge in [-0.25, -0.2) is 0 Å². The minimum Gasteiger partial charge on any atom is -0.480 e. The summed E-state index contributed by atoms with van der Waals surface area (Å²) in [6, 6.07) is 6.66. The average Bonchev–Trinajstić information content (AvgIpc) is 2.73. The van der Waals surface area contributed by atoms with E-state index in [1.807, 2.05) is 37.3 Å². The van der Waals surface area contributed by atoms with Crippen molar-refractivity contribution in [1.29, 1.82) is 0 Å². The molecule has 0 saturated carbocycles. The first kappa shape index (κ1) is 26.1. The van der Waals surface area contributed by atoms with Gasteiger partial charge in [0, 0.05) is 0 Å². The zero-order valence-electron chi connectivity index (χ0n) is 18.6. The largest absolute Gasteiger partial charge is 0.480 e. The highest BCUT2D eigenvalue weighted by Crippen LogP contribution is 2.11. The molecule has 172 valence electrons. The molecule has 4 atom stereocenters. The predicted octanol–water partition coefficient (Wildman–Crippen LogP) is 0.429. The second kappa shape index (κ2) is 12.7. The minimum atomic E-state index is -1.18. The third-order valence-electron chi connectivity index (χ3n) is 5.09. The van der Waals surface area contributed by atoms with E-state index >= 15 is 0 Å². The van der Waals surface area contributed by atoms with Crippen LogP contribution in [-0.2, 0) is 25.6 Å². The molecule has 31 heavy (non-hydrogen) atoms. The second-order valence-corrected chi connectivity index (χ2v) is 8.01. The maximum atomic E-state index is 12.9. The second-order valence-electron chi connectivity index (χ2n) is 8.01. The Hall–Kier alpha value is -2.94. The Labute approximate surface area is 183 Å². The molecule has 6 N–H and O–H groups in total. The number of carbonyl (C=O) groups excluding carboxylic acids is 3. The van der Waals surface area contributed by atoms with E-state index in [-0.39, 0.29) is 11.8 Å². The highest BCUT2D eigenvalue weighted by Gasteiger charge is 2.32. The summed E-state index contributed by atoms with van der Waals surface area (Å²) in [5.74, 6) is -3.24. The highest BCUT2D eigenvalue weighted by molar-refractivity contribution is 5.94. The van der Waals surface area contributed by atoms with Crippen molar-refractivity contribution in [3.63, 3.8) is 0 Å². The first-order valence-corrected chi connectivity index (χ1v) is 10.5. The molecule has 1 aromatic carbocycles. The van der Waals surface area contributed by atoms with E-state index in [1.54, 1.807) is 20.8 Å². The summed E-state index contributed by atoms with van der Waals surface area (Å²) in [5.41, 5.74) is 6.93. The Balaban J connectivity index is 2.84. The van der Waals surface area contributed by atoms with Crippen molar-refractivity contribution in [3.8, 4) is 0 Å². The average molecular weight is 435 g/mol. The summed E-state index contributed by atoms with van der Waals surface area (Å²) >= 11 is 0. The number of aliphatic carboxylic acids is 1. The van der Waals surface area contributed by atoms with Crippen LogP contribution in [0.1, 0.15) is 39.7 Å². The van der Waals surface area contributed by atoms with Gasteiger partial charge in [-0.2, -0.15) is 0 Å². The molecule has 4 unspecified atom stereocenters. The third-order valence-corrected chi connectivity index (χ3v) is 5.09. The molecule has 1 aromatic rings. The minimum absolute atomic E-state index is 0.235. The van der Waals surface area contributed by atoms with E-state index < -0.39 is 48.4 Å². The lowest BCUT2D eigenvalue weighted by Crippen LogP contribution is -2.59. The fourth-order valence-electron chi connectivity index (χ4n) is 2.97. The van der Waals surface area contributed by atoms with Gasteiger partial charge < -0.3 is 26.8 Å². The van der Waals surface area contributed by atoms with Crippen LogP contribution in [0, 0.1) is 11.8 Å². The number of amides is 3. The van der Waals surface area contributed by atoms with E-state index in [1.165, 1.54) is 0 Å². The summed E-state index contributed by atoms with van der Waals surface area (Å²) in [5, 5.41) is 16.4. The van der Waals surface area contributed by atoms with Gasteiger partial charge in [-0.15, -0.1) is 0 Å². The number of carbonyl (C=O) groups is 4. The van der Waals surface area contributed by atoms with Crippen LogP contribution in [0.5, 0.6) is 0 Å². The molecule has 9 heteroatoms. The number of carboxylic acid groups (broad SMARTS) is 1.